The van der Waals surface area contributed by atoms with Crippen LogP contribution in [0.4, 0.5) is 5.82 Å². The molecule has 3 rings (SSSR count). The zero-order valence-corrected chi connectivity index (χ0v) is 17.8. The number of carbonyl (C=O) groups excluding carboxylic acids is 1. The number of aromatic nitrogens is 1. The molecule has 1 aliphatic heterocycles. The van der Waals surface area contributed by atoms with Gasteiger partial charge in [-0.2, -0.15) is 0 Å². The number of anilines is 1. The maximum atomic E-state index is 12.8. The van der Waals surface area contributed by atoms with Crippen molar-refractivity contribution in [3.63, 3.8) is 0 Å². The van der Waals surface area contributed by atoms with E-state index in [9.17, 15) is 13.2 Å². The number of amides is 1. The minimum atomic E-state index is -3.96. The number of nitrogens with zero attached hydrogens (tertiary/aromatic N) is 2. The predicted octanol–water partition coefficient (Wildman–Crippen LogP) is 3.59. The van der Waals surface area contributed by atoms with Gasteiger partial charge in [0, 0.05) is 12.1 Å². The Labute approximate surface area is 168 Å². The Morgan fingerprint density at radius 1 is 1.22 bits per heavy atom. The number of sulfonamides is 1. The van der Waals surface area contributed by atoms with Gasteiger partial charge in [-0.3, -0.25) is 4.79 Å². The van der Waals surface area contributed by atoms with Crippen LogP contribution in [0.5, 0.6) is 0 Å². The summed E-state index contributed by atoms with van der Waals surface area (Å²) in [5.41, 5.74) is 0.0427. The first-order valence-electron chi connectivity index (χ1n) is 8.69. The molecule has 1 unspecified atom stereocenters. The molecule has 2 heterocycles. The molecule has 1 atom stereocenters. The van der Waals surface area contributed by atoms with Crippen LogP contribution in [0.1, 0.15) is 37.6 Å². The topological polar surface area (TPSA) is 79.4 Å². The van der Waals surface area contributed by atoms with Gasteiger partial charge in [-0.05, 0) is 66.4 Å². The van der Waals surface area contributed by atoms with Crippen LogP contribution in [0.3, 0.4) is 0 Å². The van der Waals surface area contributed by atoms with Crippen molar-refractivity contribution in [3.8, 4) is 0 Å². The van der Waals surface area contributed by atoms with Gasteiger partial charge in [-0.1, -0.05) is 25.1 Å². The zero-order valence-electron chi connectivity index (χ0n) is 15.4. The Kier molecular flexibility index (Phi) is 5.31. The van der Waals surface area contributed by atoms with E-state index in [1.165, 1.54) is 12.1 Å². The van der Waals surface area contributed by atoms with E-state index in [4.69, 9.17) is 0 Å². The van der Waals surface area contributed by atoms with Crippen LogP contribution in [0.15, 0.2) is 52.0 Å². The predicted molar refractivity (Wildman–Crippen MR) is 108 cm³/mol. The van der Waals surface area contributed by atoms with Crippen molar-refractivity contribution in [2.45, 2.75) is 37.6 Å². The molecule has 1 amide bonds. The SMILES string of the molecule is CC1CCN(c2nc(Br)ccc2C(=O)NS(=O)(=O)c2ccccc2)C1(C)C. The largest absolute Gasteiger partial charge is 0.351 e. The van der Waals surface area contributed by atoms with E-state index < -0.39 is 15.9 Å². The smallest absolute Gasteiger partial charge is 0.268 e. The van der Waals surface area contributed by atoms with Gasteiger partial charge in [0.05, 0.1) is 10.5 Å². The third kappa shape index (κ3) is 3.87. The highest BCUT2D eigenvalue weighted by molar-refractivity contribution is 9.10. The van der Waals surface area contributed by atoms with Crippen molar-refractivity contribution in [1.82, 2.24) is 9.71 Å². The highest BCUT2D eigenvalue weighted by Gasteiger charge is 2.40. The van der Waals surface area contributed by atoms with Crippen LogP contribution in [0, 0.1) is 5.92 Å². The maximum absolute atomic E-state index is 12.8. The summed E-state index contributed by atoms with van der Waals surface area (Å²) in [6.07, 6.45) is 0.977. The van der Waals surface area contributed by atoms with Gasteiger partial charge < -0.3 is 4.90 Å². The quantitative estimate of drug-likeness (QED) is 0.718. The molecule has 0 saturated carbocycles. The van der Waals surface area contributed by atoms with Gasteiger partial charge in [0.15, 0.2) is 0 Å². The molecule has 0 radical (unpaired) electrons. The summed E-state index contributed by atoms with van der Waals surface area (Å²) >= 11 is 3.36. The van der Waals surface area contributed by atoms with E-state index in [0.29, 0.717) is 16.3 Å². The summed E-state index contributed by atoms with van der Waals surface area (Å²) in [4.78, 5) is 19.5. The van der Waals surface area contributed by atoms with E-state index in [1.54, 1.807) is 30.3 Å². The summed E-state index contributed by atoms with van der Waals surface area (Å²) in [6.45, 7) is 7.13. The van der Waals surface area contributed by atoms with Gasteiger partial charge in [-0.25, -0.2) is 18.1 Å². The van der Waals surface area contributed by atoms with Gasteiger partial charge in [0.25, 0.3) is 15.9 Å². The average Bonchev–Trinajstić information content (AvgIpc) is 2.88. The van der Waals surface area contributed by atoms with E-state index in [0.717, 1.165) is 13.0 Å². The first kappa shape index (κ1) is 19.8. The fraction of sp³-hybridized carbons (Fsp3) is 0.368. The molecule has 1 aliphatic rings. The number of halogens is 1. The minimum absolute atomic E-state index is 0.0418. The second-order valence-electron chi connectivity index (χ2n) is 7.25. The summed E-state index contributed by atoms with van der Waals surface area (Å²) in [5, 5.41) is 0. The number of hydrogen-bond acceptors (Lipinski definition) is 5. The van der Waals surface area contributed by atoms with Gasteiger partial charge >= 0.3 is 0 Å². The Morgan fingerprint density at radius 2 is 1.89 bits per heavy atom. The average molecular weight is 452 g/mol. The lowest BCUT2D eigenvalue weighted by atomic mass is 9.90. The number of hydrogen-bond donors (Lipinski definition) is 1. The fourth-order valence-electron chi connectivity index (χ4n) is 3.25. The molecule has 1 N–H and O–H groups in total. The molecular weight excluding hydrogens is 430 g/mol. The molecule has 144 valence electrons. The fourth-order valence-corrected chi connectivity index (χ4v) is 4.54. The molecule has 0 aliphatic carbocycles. The summed E-state index contributed by atoms with van der Waals surface area (Å²) in [5.74, 6) is 0.214. The molecule has 1 aromatic carbocycles. The molecular formula is C19H22BrN3O3S. The van der Waals surface area contributed by atoms with Gasteiger partial charge in [-0.15, -0.1) is 0 Å². The molecule has 1 saturated heterocycles. The molecule has 1 fully saturated rings. The van der Waals surface area contributed by atoms with E-state index in [1.807, 2.05) is 0 Å². The Balaban J connectivity index is 1.97. The van der Waals surface area contributed by atoms with Crippen LogP contribution < -0.4 is 9.62 Å². The summed E-state index contributed by atoms with van der Waals surface area (Å²) < 4.78 is 27.8. The van der Waals surface area contributed by atoms with E-state index in [2.05, 4.69) is 51.3 Å². The van der Waals surface area contributed by atoms with Crippen molar-refractivity contribution >= 4 is 37.7 Å². The Morgan fingerprint density at radius 3 is 2.48 bits per heavy atom. The monoisotopic (exact) mass is 451 g/mol. The molecule has 2 aromatic rings. The summed E-state index contributed by atoms with van der Waals surface area (Å²) in [6, 6.07) is 11.1. The van der Waals surface area contributed by atoms with Crippen LogP contribution >= 0.6 is 15.9 Å². The number of benzene rings is 1. The van der Waals surface area contributed by atoms with Gasteiger partial charge in [0.1, 0.15) is 10.4 Å². The van der Waals surface area contributed by atoms with Crippen LogP contribution in [0.2, 0.25) is 0 Å². The number of carbonyl (C=O) groups is 1. The minimum Gasteiger partial charge on any atom is -0.351 e. The first-order chi connectivity index (χ1) is 12.6. The van der Waals surface area contributed by atoms with Crippen LogP contribution in [-0.2, 0) is 10.0 Å². The van der Waals surface area contributed by atoms with Crippen molar-refractivity contribution in [3.05, 3.63) is 52.6 Å². The molecule has 27 heavy (non-hydrogen) atoms. The highest BCUT2D eigenvalue weighted by Crippen LogP contribution is 2.38. The van der Waals surface area contributed by atoms with Crippen molar-refractivity contribution < 1.29 is 13.2 Å². The first-order valence-corrected chi connectivity index (χ1v) is 11.0. The maximum Gasteiger partial charge on any atom is 0.268 e. The molecule has 0 spiro atoms. The zero-order chi connectivity index (χ0) is 19.8. The van der Waals surface area contributed by atoms with E-state index >= 15 is 0 Å². The number of nitrogens with one attached hydrogen (secondary N) is 1. The normalized spacial score (nSPS) is 19.1. The van der Waals surface area contributed by atoms with Crippen LogP contribution in [-0.4, -0.2) is 31.4 Å². The van der Waals surface area contributed by atoms with Crippen LogP contribution in [0.25, 0.3) is 0 Å². The lowest BCUT2D eigenvalue weighted by Gasteiger charge is -2.36. The van der Waals surface area contributed by atoms with Crippen molar-refractivity contribution in [2.75, 3.05) is 11.4 Å². The second kappa shape index (κ2) is 7.24. The number of pyridine rings is 1. The second-order valence-corrected chi connectivity index (χ2v) is 9.74. The third-order valence-electron chi connectivity index (χ3n) is 5.31. The number of rotatable bonds is 4. The Hall–Kier alpha value is -1.93. The van der Waals surface area contributed by atoms with Gasteiger partial charge in [0.2, 0.25) is 0 Å². The lowest BCUT2D eigenvalue weighted by molar-refractivity contribution is 0.0981. The van der Waals surface area contributed by atoms with Crippen molar-refractivity contribution in [2.24, 2.45) is 5.92 Å². The molecule has 6 nitrogen and oxygen atoms in total. The van der Waals surface area contributed by atoms with Crippen molar-refractivity contribution in [1.29, 1.82) is 0 Å². The highest BCUT2D eigenvalue weighted by atomic mass is 79.9. The summed E-state index contributed by atoms with van der Waals surface area (Å²) in [7, 11) is -3.96. The Bertz CT molecular complexity index is 961. The molecule has 8 heteroatoms. The third-order valence-corrected chi connectivity index (χ3v) is 7.10. The van der Waals surface area contributed by atoms with E-state index in [-0.39, 0.29) is 16.0 Å². The lowest BCUT2D eigenvalue weighted by Crippen LogP contribution is -2.43. The standard InChI is InChI=1S/C19H22BrN3O3S/c1-13-11-12-23(19(13,2)3)17-15(9-10-16(20)21-17)18(24)22-27(25,26)14-7-5-4-6-8-14/h4-10,13H,11-12H2,1-3H3,(H,22,24). The molecule has 1 aromatic heterocycles. The molecule has 0 bridgehead atoms.